The second kappa shape index (κ2) is 8.92. The lowest BCUT2D eigenvalue weighted by molar-refractivity contribution is -0.137. The predicted molar refractivity (Wildman–Crippen MR) is 144 cm³/mol. The summed E-state index contributed by atoms with van der Waals surface area (Å²) in [7, 11) is 0. The molecule has 1 saturated heterocycles. The van der Waals surface area contributed by atoms with Crippen LogP contribution >= 0.6 is 23.2 Å². The van der Waals surface area contributed by atoms with E-state index in [1.54, 1.807) is 37.3 Å². The van der Waals surface area contributed by atoms with Gasteiger partial charge >= 0.3 is 6.18 Å². The number of piperazine rings is 1. The molecule has 0 bridgehead atoms. The molecule has 0 aliphatic carbocycles. The van der Waals surface area contributed by atoms with Crippen LogP contribution in [0.25, 0.3) is 0 Å². The van der Waals surface area contributed by atoms with Crippen molar-refractivity contribution in [3.05, 3.63) is 87.9 Å². The number of carbonyl (C=O) groups excluding carboxylic acids is 1. The Morgan fingerprint density at radius 2 is 1.71 bits per heavy atom. The van der Waals surface area contributed by atoms with E-state index in [1.165, 1.54) is 17.1 Å². The first-order valence-corrected chi connectivity index (χ1v) is 13.0. The third-order valence-corrected chi connectivity index (χ3v) is 8.34. The van der Waals surface area contributed by atoms with Gasteiger partial charge in [-0.3, -0.25) is 4.79 Å². The Bertz CT molecular complexity index is 1460. The molecular weight excluding hydrogens is 536 g/mol. The number of benzene rings is 3. The predicted octanol–water partition coefficient (Wildman–Crippen LogP) is 6.67. The van der Waals surface area contributed by atoms with Gasteiger partial charge in [0.15, 0.2) is 0 Å². The maximum absolute atomic E-state index is 14.3. The molecule has 0 N–H and O–H groups in total. The van der Waals surface area contributed by atoms with Crippen molar-refractivity contribution in [2.75, 3.05) is 34.4 Å². The molecule has 196 valence electrons. The highest BCUT2D eigenvalue weighted by Gasteiger charge is 2.60. The summed E-state index contributed by atoms with van der Waals surface area (Å²) in [5.41, 5.74) is 1.41. The molecule has 0 saturated carbocycles. The number of halogens is 5. The summed E-state index contributed by atoms with van der Waals surface area (Å²) in [6.07, 6.45) is -4.36. The van der Waals surface area contributed by atoms with E-state index in [4.69, 9.17) is 23.2 Å². The fourth-order valence-corrected chi connectivity index (χ4v) is 6.29. The average molecular weight is 559 g/mol. The smallest absolute Gasteiger partial charge is 0.368 e. The van der Waals surface area contributed by atoms with Crippen molar-refractivity contribution in [3.8, 4) is 0 Å². The molecule has 6 rings (SSSR count). The maximum Gasteiger partial charge on any atom is 0.416 e. The van der Waals surface area contributed by atoms with Crippen LogP contribution in [0.2, 0.25) is 10.0 Å². The monoisotopic (exact) mass is 558 g/mol. The normalized spacial score (nSPS) is 23.0. The van der Waals surface area contributed by atoms with Crippen molar-refractivity contribution in [1.82, 2.24) is 0 Å². The number of nitrogens with zero attached hydrogens (tertiary/aromatic N) is 4. The molecule has 1 amide bonds. The zero-order chi connectivity index (χ0) is 26.8. The molecule has 3 aliphatic rings. The summed E-state index contributed by atoms with van der Waals surface area (Å²) < 4.78 is 41.0. The van der Waals surface area contributed by atoms with Gasteiger partial charge in [-0.15, -0.1) is 0 Å². The Morgan fingerprint density at radius 3 is 2.42 bits per heavy atom. The number of carbonyl (C=O) groups is 1. The molecule has 1 fully saturated rings. The molecule has 1 spiro atoms. The van der Waals surface area contributed by atoms with Gasteiger partial charge in [0.05, 0.1) is 23.0 Å². The van der Waals surface area contributed by atoms with E-state index >= 15 is 0 Å². The standard InChI is InChI=1S/C28H23Cl2F3N4O/c1-17-27(26(38)37(34-17)22-8-6-20(29)7-9-22)15-18-13-19(28(31,32)33)5-10-24(18)36-12-11-35(16-25(27)36)23-4-2-3-21(30)14-23/h2-10,13-14,25H,11-12,15-16H2,1H3/t25-,27+/m0/s1. The van der Waals surface area contributed by atoms with Crippen molar-refractivity contribution in [2.45, 2.75) is 25.6 Å². The molecule has 0 radical (unpaired) electrons. The molecule has 3 heterocycles. The number of hydrogen-bond acceptors (Lipinski definition) is 4. The summed E-state index contributed by atoms with van der Waals surface area (Å²) >= 11 is 12.3. The van der Waals surface area contributed by atoms with E-state index in [2.05, 4.69) is 14.9 Å². The SMILES string of the molecule is CC1=NN(c2ccc(Cl)cc2)C(=O)[C@]12Cc1cc(C(F)(F)F)ccc1N1CCN(c3cccc(Cl)c3)C[C@H]12. The second-order valence-corrected chi connectivity index (χ2v) is 10.8. The van der Waals surface area contributed by atoms with Gasteiger partial charge < -0.3 is 9.80 Å². The molecule has 3 aliphatic heterocycles. The van der Waals surface area contributed by atoms with Crippen LogP contribution in [0, 0.1) is 5.41 Å². The van der Waals surface area contributed by atoms with Crippen molar-refractivity contribution in [3.63, 3.8) is 0 Å². The lowest BCUT2D eigenvalue weighted by Gasteiger charge is -2.53. The number of anilines is 3. The van der Waals surface area contributed by atoms with Gasteiger partial charge in [0, 0.05) is 41.1 Å². The highest BCUT2D eigenvalue weighted by molar-refractivity contribution is 6.31. The van der Waals surface area contributed by atoms with E-state index in [-0.39, 0.29) is 18.4 Å². The first kappa shape index (κ1) is 25.1. The van der Waals surface area contributed by atoms with Crippen LogP contribution in [-0.2, 0) is 17.4 Å². The third-order valence-electron chi connectivity index (χ3n) is 7.85. The van der Waals surface area contributed by atoms with Crippen LogP contribution in [0.1, 0.15) is 18.1 Å². The van der Waals surface area contributed by atoms with Crippen molar-refractivity contribution in [1.29, 1.82) is 0 Å². The maximum atomic E-state index is 14.3. The zero-order valence-corrected chi connectivity index (χ0v) is 21.9. The summed E-state index contributed by atoms with van der Waals surface area (Å²) in [4.78, 5) is 18.6. The topological polar surface area (TPSA) is 39.2 Å². The molecule has 3 aromatic carbocycles. The number of alkyl halides is 3. The molecule has 10 heteroatoms. The van der Waals surface area contributed by atoms with Gasteiger partial charge in [-0.25, -0.2) is 0 Å². The Kier molecular flexibility index (Phi) is 5.88. The lowest BCUT2D eigenvalue weighted by atomic mass is 9.67. The minimum absolute atomic E-state index is 0.120. The minimum Gasteiger partial charge on any atom is -0.368 e. The molecule has 3 aromatic rings. The Hall–Kier alpha value is -3.23. The fourth-order valence-electron chi connectivity index (χ4n) is 5.98. The summed E-state index contributed by atoms with van der Waals surface area (Å²) in [6, 6.07) is 17.8. The van der Waals surface area contributed by atoms with E-state index in [0.717, 1.165) is 17.4 Å². The second-order valence-electron chi connectivity index (χ2n) is 9.90. The van der Waals surface area contributed by atoms with Gasteiger partial charge in [0.1, 0.15) is 5.41 Å². The van der Waals surface area contributed by atoms with Gasteiger partial charge in [0.2, 0.25) is 0 Å². The van der Waals surface area contributed by atoms with Gasteiger partial charge in [-0.2, -0.15) is 23.3 Å². The van der Waals surface area contributed by atoms with Crippen LogP contribution in [0.15, 0.2) is 71.8 Å². The minimum atomic E-state index is -4.48. The van der Waals surface area contributed by atoms with E-state index in [1.807, 2.05) is 18.2 Å². The van der Waals surface area contributed by atoms with Gasteiger partial charge in [-0.05, 0) is 79.6 Å². The molecular formula is C28H23Cl2F3N4O. The summed E-state index contributed by atoms with van der Waals surface area (Å²) in [5, 5.41) is 7.16. The number of rotatable bonds is 2. The van der Waals surface area contributed by atoms with Crippen LogP contribution in [0.3, 0.4) is 0 Å². The van der Waals surface area contributed by atoms with Gasteiger partial charge in [-0.1, -0.05) is 29.3 Å². The quantitative estimate of drug-likeness (QED) is 0.352. The van der Waals surface area contributed by atoms with Crippen molar-refractivity contribution >= 4 is 51.9 Å². The van der Waals surface area contributed by atoms with Crippen LogP contribution in [0.5, 0.6) is 0 Å². The van der Waals surface area contributed by atoms with Crippen molar-refractivity contribution < 1.29 is 18.0 Å². The first-order valence-electron chi connectivity index (χ1n) is 12.2. The molecule has 0 aromatic heterocycles. The lowest BCUT2D eigenvalue weighted by Crippen LogP contribution is -2.67. The Balaban J connectivity index is 1.47. The fraction of sp³-hybridized carbons (Fsp3) is 0.286. The summed E-state index contributed by atoms with van der Waals surface area (Å²) in [5.74, 6) is -0.261. The number of hydrogen-bond donors (Lipinski definition) is 0. The van der Waals surface area contributed by atoms with Crippen LogP contribution in [-0.4, -0.2) is 37.3 Å². The van der Waals surface area contributed by atoms with Crippen LogP contribution < -0.4 is 14.8 Å². The molecule has 5 nitrogen and oxygen atoms in total. The molecule has 38 heavy (non-hydrogen) atoms. The number of amides is 1. The highest BCUT2D eigenvalue weighted by Crippen LogP contribution is 2.49. The third kappa shape index (κ3) is 3.93. The van der Waals surface area contributed by atoms with E-state index in [0.29, 0.717) is 46.6 Å². The largest absolute Gasteiger partial charge is 0.416 e. The number of fused-ring (bicyclic) bond motifs is 4. The van der Waals surface area contributed by atoms with Crippen LogP contribution in [0.4, 0.5) is 30.2 Å². The Morgan fingerprint density at radius 1 is 0.947 bits per heavy atom. The molecule has 2 atom stereocenters. The Labute approximate surface area is 228 Å². The molecule has 0 unspecified atom stereocenters. The van der Waals surface area contributed by atoms with E-state index < -0.39 is 17.2 Å². The van der Waals surface area contributed by atoms with Gasteiger partial charge in [0.25, 0.3) is 5.91 Å². The average Bonchev–Trinajstić information content (AvgIpc) is 3.13. The highest BCUT2D eigenvalue weighted by atomic mass is 35.5. The first-order chi connectivity index (χ1) is 18.1. The van der Waals surface area contributed by atoms with Crippen molar-refractivity contribution in [2.24, 2.45) is 10.5 Å². The summed E-state index contributed by atoms with van der Waals surface area (Å²) in [6.45, 7) is 3.42. The zero-order valence-electron chi connectivity index (χ0n) is 20.3. The van der Waals surface area contributed by atoms with E-state index in [9.17, 15) is 18.0 Å². The number of hydrazone groups is 1.